The highest BCUT2D eigenvalue weighted by Crippen LogP contribution is 2.28. The molecule has 1 aliphatic heterocycles. The molecule has 28 heavy (non-hydrogen) atoms. The molecule has 0 amide bonds. The van der Waals surface area contributed by atoms with Gasteiger partial charge >= 0.3 is 0 Å². The standard InChI is InChI=1S/C20H23ClN6S/c21-15-3-1-4-16(13-15)26-8-10-27(11-9-26)20-18(22)19(24-14-25-20)23-7-6-17-5-2-12-28-17/h1-5,12-14H,6-11,22H2,(H,23,24,25). The van der Waals surface area contributed by atoms with Gasteiger partial charge in [-0.15, -0.1) is 11.3 Å². The molecule has 0 unspecified atom stereocenters. The van der Waals surface area contributed by atoms with Crippen LogP contribution in [0.2, 0.25) is 5.02 Å². The second-order valence-corrected chi connectivity index (χ2v) is 8.14. The van der Waals surface area contributed by atoms with Crippen LogP contribution >= 0.6 is 22.9 Å². The summed E-state index contributed by atoms with van der Waals surface area (Å²) in [7, 11) is 0. The van der Waals surface area contributed by atoms with Gasteiger partial charge in [0.2, 0.25) is 0 Å². The summed E-state index contributed by atoms with van der Waals surface area (Å²) in [6, 6.07) is 12.2. The van der Waals surface area contributed by atoms with Crippen LogP contribution in [0.1, 0.15) is 4.88 Å². The molecule has 3 N–H and O–H groups in total. The van der Waals surface area contributed by atoms with Gasteiger partial charge in [0.1, 0.15) is 12.0 Å². The SMILES string of the molecule is Nc1c(NCCc2cccs2)ncnc1N1CCN(c2cccc(Cl)c2)CC1. The Hall–Kier alpha value is -2.51. The van der Waals surface area contributed by atoms with Gasteiger partial charge in [0.05, 0.1) is 0 Å². The van der Waals surface area contributed by atoms with Crippen molar-refractivity contribution in [3.8, 4) is 0 Å². The van der Waals surface area contributed by atoms with Crippen LogP contribution in [0.3, 0.4) is 0 Å². The van der Waals surface area contributed by atoms with E-state index in [2.05, 4.69) is 48.7 Å². The minimum atomic E-state index is 0.616. The van der Waals surface area contributed by atoms with Crippen LogP contribution in [0.4, 0.5) is 23.0 Å². The monoisotopic (exact) mass is 414 g/mol. The Balaban J connectivity index is 1.38. The van der Waals surface area contributed by atoms with E-state index in [1.807, 2.05) is 18.2 Å². The quantitative estimate of drug-likeness (QED) is 0.640. The second-order valence-electron chi connectivity index (χ2n) is 6.67. The third-order valence-electron chi connectivity index (χ3n) is 4.86. The molecule has 0 spiro atoms. The first-order chi connectivity index (χ1) is 13.7. The van der Waals surface area contributed by atoms with Gasteiger partial charge in [0, 0.05) is 48.3 Å². The van der Waals surface area contributed by atoms with Crippen LogP contribution in [0.15, 0.2) is 48.1 Å². The largest absolute Gasteiger partial charge is 0.393 e. The molecule has 2 aromatic heterocycles. The highest BCUT2D eigenvalue weighted by Gasteiger charge is 2.21. The predicted octanol–water partition coefficient (Wildman–Crippen LogP) is 3.75. The van der Waals surface area contributed by atoms with Crippen LogP contribution in [0, 0.1) is 0 Å². The lowest BCUT2D eigenvalue weighted by Crippen LogP contribution is -2.47. The van der Waals surface area contributed by atoms with Crippen LogP contribution in [-0.4, -0.2) is 42.7 Å². The number of nitrogen functional groups attached to an aromatic ring is 1. The normalized spacial score (nSPS) is 14.3. The number of aromatic nitrogens is 2. The number of rotatable bonds is 6. The molecule has 1 saturated heterocycles. The van der Waals surface area contributed by atoms with Gasteiger partial charge in [-0.2, -0.15) is 0 Å². The van der Waals surface area contributed by atoms with E-state index in [0.717, 1.165) is 55.7 Å². The van der Waals surface area contributed by atoms with Gasteiger partial charge in [0.25, 0.3) is 0 Å². The molecule has 0 bridgehead atoms. The summed E-state index contributed by atoms with van der Waals surface area (Å²) in [5.74, 6) is 1.51. The Morgan fingerprint density at radius 3 is 2.64 bits per heavy atom. The lowest BCUT2D eigenvalue weighted by atomic mass is 10.2. The van der Waals surface area contributed by atoms with Gasteiger partial charge in [-0.3, -0.25) is 0 Å². The summed E-state index contributed by atoms with van der Waals surface area (Å²) < 4.78 is 0. The first-order valence-electron chi connectivity index (χ1n) is 9.33. The van der Waals surface area contributed by atoms with Crippen molar-refractivity contribution in [3.05, 3.63) is 58.0 Å². The maximum absolute atomic E-state index is 6.38. The summed E-state index contributed by atoms with van der Waals surface area (Å²) in [6.07, 6.45) is 2.54. The zero-order valence-electron chi connectivity index (χ0n) is 15.5. The first-order valence-corrected chi connectivity index (χ1v) is 10.6. The summed E-state index contributed by atoms with van der Waals surface area (Å²) >= 11 is 7.89. The van der Waals surface area contributed by atoms with E-state index in [1.165, 1.54) is 4.88 Å². The number of hydrogen-bond donors (Lipinski definition) is 2. The molecule has 6 nitrogen and oxygen atoms in total. The van der Waals surface area contributed by atoms with E-state index in [9.17, 15) is 0 Å². The summed E-state index contributed by atoms with van der Waals surface area (Å²) in [4.78, 5) is 14.7. The molecule has 1 aliphatic rings. The number of benzene rings is 1. The molecule has 3 aromatic rings. The van der Waals surface area contributed by atoms with Crippen molar-refractivity contribution in [1.29, 1.82) is 0 Å². The second kappa shape index (κ2) is 8.67. The molecule has 1 aromatic carbocycles. The number of nitrogens with one attached hydrogen (secondary N) is 1. The van der Waals surface area contributed by atoms with Gasteiger partial charge in [-0.1, -0.05) is 23.7 Å². The molecule has 1 fully saturated rings. The van der Waals surface area contributed by atoms with Crippen molar-refractivity contribution < 1.29 is 0 Å². The Labute approximate surface area is 174 Å². The van der Waals surface area contributed by atoms with Crippen molar-refractivity contribution in [2.45, 2.75) is 6.42 Å². The number of nitrogens with zero attached hydrogens (tertiary/aromatic N) is 4. The Bertz CT molecular complexity index is 909. The zero-order valence-corrected chi connectivity index (χ0v) is 17.1. The lowest BCUT2D eigenvalue weighted by Gasteiger charge is -2.37. The molecule has 0 atom stereocenters. The summed E-state index contributed by atoms with van der Waals surface area (Å²) in [5, 5.41) is 6.21. The van der Waals surface area contributed by atoms with Crippen molar-refractivity contribution >= 4 is 45.9 Å². The van der Waals surface area contributed by atoms with E-state index >= 15 is 0 Å². The number of thiophene rings is 1. The lowest BCUT2D eigenvalue weighted by molar-refractivity contribution is 0.647. The summed E-state index contributed by atoms with van der Waals surface area (Å²) in [5.41, 5.74) is 8.15. The molecule has 0 saturated carbocycles. The minimum absolute atomic E-state index is 0.616. The highest BCUT2D eigenvalue weighted by molar-refractivity contribution is 7.09. The third kappa shape index (κ3) is 4.31. The molecule has 4 rings (SSSR count). The number of anilines is 4. The van der Waals surface area contributed by atoms with Gasteiger partial charge in [0.15, 0.2) is 11.6 Å². The van der Waals surface area contributed by atoms with E-state index in [0.29, 0.717) is 11.5 Å². The molecule has 3 heterocycles. The zero-order chi connectivity index (χ0) is 19.3. The molecule has 8 heteroatoms. The minimum Gasteiger partial charge on any atom is -0.393 e. The van der Waals surface area contributed by atoms with Crippen molar-refractivity contribution in [1.82, 2.24) is 9.97 Å². The van der Waals surface area contributed by atoms with Gasteiger partial charge in [-0.25, -0.2) is 9.97 Å². The maximum atomic E-state index is 6.38. The van der Waals surface area contributed by atoms with Crippen molar-refractivity contribution in [2.24, 2.45) is 0 Å². The Morgan fingerprint density at radius 2 is 1.89 bits per heavy atom. The number of nitrogens with two attached hydrogens (primary N) is 1. The first kappa shape index (κ1) is 18.8. The maximum Gasteiger partial charge on any atom is 0.157 e. The Morgan fingerprint density at radius 1 is 1.07 bits per heavy atom. The fraction of sp³-hybridized carbons (Fsp3) is 0.300. The van der Waals surface area contributed by atoms with Crippen molar-refractivity contribution in [3.63, 3.8) is 0 Å². The van der Waals surface area contributed by atoms with Crippen molar-refractivity contribution in [2.75, 3.05) is 53.6 Å². The van der Waals surface area contributed by atoms with E-state index < -0.39 is 0 Å². The van der Waals surface area contributed by atoms with E-state index in [1.54, 1.807) is 17.7 Å². The fourth-order valence-electron chi connectivity index (χ4n) is 3.39. The average Bonchev–Trinajstić information content (AvgIpc) is 3.23. The van der Waals surface area contributed by atoms with Crippen LogP contribution in [0.5, 0.6) is 0 Å². The molecule has 146 valence electrons. The number of halogens is 1. The highest BCUT2D eigenvalue weighted by atomic mass is 35.5. The molecule has 0 aliphatic carbocycles. The van der Waals surface area contributed by atoms with Crippen LogP contribution < -0.4 is 20.9 Å². The molecule has 0 radical (unpaired) electrons. The van der Waals surface area contributed by atoms with Crippen LogP contribution in [-0.2, 0) is 6.42 Å². The predicted molar refractivity (Wildman–Crippen MR) is 119 cm³/mol. The topological polar surface area (TPSA) is 70.3 Å². The van der Waals surface area contributed by atoms with Crippen LogP contribution in [0.25, 0.3) is 0 Å². The fourth-order valence-corrected chi connectivity index (χ4v) is 4.28. The van der Waals surface area contributed by atoms with E-state index in [-0.39, 0.29) is 0 Å². The van der Waals surface area contributed by atoms with Gasteiger partial charge < -0.3 is 20.9 Å². The number of hydrogen-bond acceptors (Lipinski definition) is 7. The third-order valence-corrected chi connectivity index (χ3v) is 6.03. The molecular weight excluding hydrogens is 392 g/mol. The average molecular weight is 415 g/mol. The summed E-state index contributed by atoms with van der Waals surface area (Å²) in [6.45, 7) is 4.28. The van der Waals surface area contributed by atoms with Gasteiger partial charge in [-0.05, 0) is 36.1 Å². The smallest absolute Gasteiger partial charge is 0.157 e. The Kier molecular flexibility index (Phi) is 5.83. The van der Waals surface area contributed by atoms with E-state index in [4.69, 9.17) is 17.3 Å². The molecular formula is C20H23ClN6S. The number of piperazine rings is 1.